The van der Waals surface area contributed by atoms with E-state index in [0.717, 1.165) is 28.6 Å². The van der Waals surface area contributed by atoms with Crippen LogP contribution in [0.5, 0.6) is 0 Å². The summed E-state index contributed by atoms with van der Waals surface area (Å²) >= 11 is 6.05. The molecule has 6 heteroatoms. The van der Waals surface area contributed by atoms with Crippen molar-refractivity contribution in [3.63, 3.8) is 0 Å². The molecule has 0 saturated carbocycles. The molecule has 0 aliphatic rings. The van der Waals surface area contributed by atoms with Gasteiger partial charge in [-0.2, -0.15) is 0 Å². The number of anilines is 1. The summed E-state index contributed by atoms with van der Waals surface area (Å²) in [6.45, 7) is 4.31. The number of benzene rings is 2. The zero-order valence-electron chi connectivity index (χ0n) is 13.2. The highest BCUT2D eigenvalue weighted by atomic mass is 35.5. The van der Waals surface area contributed by atoms with E-state index in [1.807, 2.05) is 24.5 Å². The number of carbonyl (C=O) groups excluding carboxylic acids is 1. The first kappa shape index (κ1) is 16.5. The van der Waals surface area contributed by atoms with Crippen LogP contribution in [0.3, 0.4) is 0 Å². The number of hydrogen-bond donors (Lipinski definition) is 1. The molecule has 1 aromatic heterocycles. The molecule has 0 bridgehead atoms. The molecule has 0 radical (unpaired) electrons. The first-order chi connectivity index (χ1) is 11.4. The zero-order chi connectivity index (χ0) is 17.4. The Morgan fingerprint density at radius 1 is 1.21 bits per heavy atom. The van der Waals surface area contributed by atoms with Gasteiger partial charge in [0.25, 0.3) is 5.91 Å². The summed E-state index contributed by atoms with van der Waals surface area (Å²) in [5.41, 5.74) is 2.00. The maximum Gasteiger partial charge on any atom is 0.272 e. The zero-order valence-corrected chi connectivity index (χ0v) is 13.9. The van der Waals surface area contributed by atoms with Crippen LogP contribution in [-0.4, -0.2) is 10.5 Å². The predicted molar refractivity (Wildman–Crippen MR) is 91.7 cm³/mol. The van der Waals surface area contributed by atoms with Crippen molar-refractivity contribution in [2.45, 2.75) is 20.4 Å². The van der Waals surface area contributed by atoms with Crippen LogP contribution in [0.1, 0.15) is 23.0 Å². The van der Waals surface area contributed by atoms with E-state index in [0.29, 0.717) is 17.3 Å². The number of carbonyl (C=O) groups is 1. The van der Waals surface area contributed by atoms with Crippen LogP contribution < -0.4 is 5.32 Å². The molecule has 0 aliphatic heterocycles. The van der Waals surface area contributed by atoms with Gasteiger partial charge >= 0.3 is 0 Å². The van der Waals surface area contributed by atoms with Crippen molar-refractivity contribution >= 4 is 34.1 Å². The lowest BCUT2D eigenvalue weighted by atomic mass is 10.1. The molecule has 0 saturated heterocycles. The van der Waals surface area contributed by atoms with E-state index in [-0.39, 0.29) is 5.69 Å². The van der Waals surface area contributed by atoms with Gasteiger partial charge in [-0.05, 0) is 49.7 Å². The van der Waals surface area contributed by atoms with Crippen LogP contribution in [0.2, 0.25) is 5.02 Å². The number of aryl methyl sites for hydroxylation is 2. The Morgan fingerprint density at radius 3 is 2.62 bits per heavy atom. The van der Waals surface area contributed by atoms with Crippen LogP contribution in [0, 0.1) is 18.6 Å². The second kappa shape index (κ2) is 6.24. The molecule has 3 rings (SSSR count). The molecule has 1 heterocycles. The van der Waals surface area contributed by atoms with Gasteiger partial charge in [0.1, 0.15) is 17.3 Å². The average Bonchev–Trinajstić information content (AvgIpc) is 2.82. The summed E-state index contributed by atoms with van der Waals surface area (Å²) in [7, 11) is 0. The van der Waals surface area contributed by atoms with E-state index in [2.05, 4.69) is 5.32 Å². The number of nitrogens with zero attached hydrogens (tertiary/aromatic N) is 1. The fourth-order valence-corrected chi connectivity index (χ4v) is 3.06. The Kier molecular flexibility index (Phi) is 4.28. The number of amides is 1. The quantitative estimate of drug-likeness (QED) is 0.697. The fraction of sp³-hybridized carbons (Fsp3) is 0.167. The molecule has 3 aromatic rings. The highest BCUT2D eigenvalue weighted by molar-refractivity contribution is 6.31. The van der Waals surface area contributed by atoms with Gasteiger partial charge in [0.2, 0.25) is 0 Å². The van der Waals surface area contributed by atoms with E-state index in [9.17, 15) is 13.6 Å². The molecule has 0 atom stereocenters. The summed E-state index contributed by atoms with van der Waals surface area (Å²) in [6, 6.07) is 8.44. The molecule has 3 nitrogen and oxygen atoms in total. The van der Waals surface area contributed by atoms with Crippen LogP contribution in [-0.2, 0) is 6.54 Å². The number of hydrogen-bond acceptors (Lipinski definition) is 1. The molecule has 0 unspecified atom stereocenters. The Balaban J connectivity index is 2.08. The highest BCUT2D eigenvalue weighted by Gasteiger charge is 2.20. The molecule has 24 heavy (non-hydrogen) atoms. The standard InChI is InChI=1S/C18H15ClF2N2O/c1-3-23-16-7-4-11(19)8-13(16)10(2)17(23)18(24)22-15-6-5-12(20)9-14(15)21/h4-9H,3H2,1-2H3,(H,22,24). The maximum atomic E-state index is 13.8. The molecular weight excluding hydrogens is 334 g/mol. The van der Waals surface area contributed by atoms with Crippen LogP contribution in [0.15, 0.2) is 36.4 Å². The minimum Gasteiger partial charge on any atom is -0.337 e. The van der Waals surface area contributed by atoms with Gasteiger partial charge in [-0.3, -0.25) is 4.79 Å². The van der Waals surface area contributed by atoms with Crippen LogP contribution >= 0.6 is 11.6 Å². The lowest BCUT2D eigenvalue weighted by molar-refractivity contribution is 0.101. The third-order valence-electron chi connectivity index (χ3n) is 3.99. The maximum absolute atomic E-state index is 13.8. The molecule has 2 aromatic carbocycles. The van der Waals surface area contributed by atoms with Gasteiger partial charge < -0.3 is 9.88 Å². The van der Waals surface area contributed by atoms with Crippen molar-refractivity contribution in [1.82, 2.24) is 4.57 Å². The average molecular weight is 349 g/mol. The van der Waals surface area contributed by atoms with Gasteiger partial charge in [0.05, 0.1) is 5.69 Å². The van der Waals surface area contributed by atoms with Crippen molar-refractivity contribution in [2.24, 2.45) is 0 Å². The molecule has 0 aliphatic carbocycles. The lowest BCUT2D eigenvalue weighted by Gasteiger charge is -2.10. The van der Waals surface area contributed by atoms with Gasteiger partial charge in [-0.25, -0.2) is 8.78 Å². The molecule has 0 spiro atoms. The Bertz CT molecular complexity index is 950. The van der Waals surface area contributed by atoms with Crippen LogP contribution in [0.25, 0.3) is 10.9 Å². The summed E-state index contributed by atoms with van der Waals surface area (Å²) in [5, 5.41) is 3.96. The van der Waals surface area contributed by atoms with Gasteiger partial charge in [-0.15, -0.1) is 0 Å². The Hall–Kier alpha value is -2.40. The van der Waals surface area contributed by atoms with E-state index < -0.39 is 17.5 Å². The van der Waals surface area contributed by atoms with Crippen molar-refractivity contribution < 1.29 is 13.6 Å². The fourth-order valence-electron chi connectivity index (χ4n) is 2.89. The number of halogens is 3. The molecule has 0 fully saturated rings. The summed E-state index contributed by atoms with van der Waals surface area (Å²) in [5.74, 6) is -1.96. The summed E-state index contributed by atoms with van der Waals surface area (Å²) in [6.07, 6.45) is 0. The smallest absolute Gasteiger partial charge is 0.272 e. The summed E-state index contributed by atoms with van der Waals surface area (Å²) in [4.78, 5) is 12.7. The minimum atomic E-state index is -0.816. The number of aromatic nitrogens is 1. The first-order valence-electron chi connectivity index (χ1n) is 7.47. The Labute approximate surface area is 142 Å². The number of nitrogens with one attached hydrogen (secondary N) is 1. The third-order valence-corrected chi connectivity index (χ3v) is 4.22. The van der Waals surface area contributed by atoms with Crippen molar-refractivity contribution in [3.05, 3.63) is 64.3 Å². The monoisotopic (exact) mass is 348 g/mol. The highest BCUT2D eigenvalue weighted by Crippen LogP contribution is 2.29. The predicted octanol–water partition coefficient (Wildman–Crippen LogP) is 5.15. The largest absolute Gasteiger partial charge is 0.337 e. The van der Waals surface area contributed by atoms with E-state index in [1.54, 1.807) is 12.1 Å². The number of fused-ring (bicyclic) bond motifs is 1. The Morgan fingerprint density at radius 2 is 1.96 bits per heavy atom. The van der Waals surface area contributed by atoms with Gasteiger partial charge in [-0.1, -0.05) is 11.6 Å². The minimum absolute atomic E-state index is 0.0632. The van der Waals surface area contributed by atoms with Gasteiger partial charge in [0, 0.05) is 28.5 Å². The first-order valence-corrected chi connectivity index (χ1v) is 7.85. The van der Waals surface area contributed by atoms with E-state index in [4.69, 9.17) is 11.6 Å². The molecule has 1 N–H and O–H groups in total. The summed E-state index contributed by atoms with van der Waals surface area (Å²) < 4.78 is 28.6. The normalized spacial score (nSPS) is 11.0. The number of rotatable bonds is 3. The third kappa shape index (κ3) is 2.76. The van der Waals surface area contributed by atoms with E-state index >= 15 is 0 Å². The lowest BCUT2D eigenvalue weighted by Crippen LogP contribution is -2.18. The molecular formula is C18H15ClF2N2O. The van der Waals surface area contributed by atoms with Gasteiger partial charge in [0.15, 0.2) is 0 Å². The van der Waals surface area contributed by atoms with Crippen LogP contribution in [0.4, 0.5) is 14.5 Å². The topological polar surface area (TPSA) is 34.0 Å². The molecule has 124 valence electrons. The van der Waals surface area contributed by atoms with Crippen molar-refractivity contribution in [1.29, 1.82) is 0 Å². The van der Waals surface area contributed by atoms with E-state index in [1.165, 1.54) is 6.07 Å². The SMILES string of the molecule is CCn1c(C(=O)Nc2ccc(F)cc2F)c(C)c2cc(Cl)ccc21. The second-order valence-electron chi connectivity index (χ2n) is 5.46. The van der Waals surface area contributed by atoms with Crippen molar-refractivity contribution in [2.75, 3.05) is 5.32 Å². The molecule has 1 amide bonds. The second-order valence-corrected chi connectivity index (χ2v) is 5.89. The van der Waals surface area contributed by atoms with Crippen molar-refractivity contribution in [3.8, 4) is 0 Å².